The number of benzene rings is 1. The molecule has 1 aromatic carbocycles. The van der Waals surface area contributed by atoms with E-state index in [-0.39, 0.29) is 11.2 Å². The van der Waals surface area contributed by atoms with Gasteiger partial charge in [-0.25, -0.2) is 4.39 Å². The zero-order valence-electron chi connectivity index (χ0n) is 9.61. The molecule has 0 radical (unpaired) electrons. The molecule has 4 heteroatoms. The zero-order chi connectivity index (χ0) is 12.5. The van der Waals surface area contributed by atoms with E-state index in [9.17, 15) is 4.39 Å². The minimum absolute atomic E-state index is 0.231. The van der Waals surface area contributed by atoms with Gasteiger partial charge in [0.05, 0.1) is 5.02 Å². The van der Waals surface area contributed by atoms with Gasteiger partial charge in [-0.1, -0.05) is 30.9 Å². The molecule has 2 rings (SSSR count). The molecule has 1 aliphatic rings. The van der Waals surface area contributed by atoms with Crippen LogP contribution in [0.25, 0.3) is 0 Å². The highest BCUT2D eigenvalue weighted by molar-refractivity contribution is 9.10. The van der Waals surface area contributed by atoms with Crippen LogP contribution in [0.3, 0.4) is 0 Å². The molecule has 0 amide bonds. The maximum Gasteiger partial charge on any atom is 0.128 e. The first-order valence-corrected chi connectivity index (χ1v) is 7.12. The largest absolute Gasteiger partial charge is 0.330 e. The highest BCUT2D eigenvalue weighted by Crippen LogP contribution is 2.44. The number of halogens is 3. The van der Waals surface area contributed by atoms with E-state index in [0.717, 1.165) is 30.2 Å². The monoisotopic (exact) mass is 319 g/mol. The Hall–Kier alpha value is -0.120. The van der Waals surface area contributed by atoms with Gasteiger partial charge in [0.25, 0.3) is 0 Å². The van der Waals surface area contributed by atoms with Crippen LogP contribution in [0.1, 0.15) is 37.7 Å². The standard InChI is InChI=1S/C13H16BrClFN/c14-9-4-5-10(16)11(12(9)15)13(8-17)6-2-1-3-7-13/h4-5H,1-3,6-8,17H2. The van der Waals surface area contributed by atoms with Crippen molar-refractivity contribution in [3.63, 3.8) is 0 Å². The second kappa shape index (κ2) is 5.25. The highest BCUT2D eigenvalue weighted by atomic mass is 79.9. The average molecular weight is 321 g/mol. The smallest absolute Gasteiger partial charge is 0.128 e. The molecule has 0 atom stereocenters. The predicted molar refractivity (Wildman–Crippen MR) is 72.9 cm³/mol. The van der Waals surface area contributed by atoms with Crippen LogP contribution in [-0.2, 0) is 5.41 Å². The van der Waals surface area contributed by atoms with Crippen molar-refractivity contribution in [2.45, 2.75) is 37.5 Å². The predicted octanol–water partition coefficient (Wildman–Crippen LogP) is 4.40. The summed E-state index contributed by atoms with van der Waals surface area (Å²) in [5.41, 5.74) is 6.25. The first kappa shape index (κ1) is 13.3. The van der Waals surface area contributed by atoms with Crippen LogP contribution in [0, 0.1) is 5.82 Å². The molecule has 1 nitrogen and oxygen atoms in total. The molecule has 94 valence electrons. The highest BCUT2D eigenvalue weighted by Gasteiger charge is 2.37. The Balaban J connectivity index is 2.53. The van der Waals surface area contributed by atoms with E-state index in [4.69, 9.17) is 17.3 Å². The number of hydrogen-bond donors (Lipinski definition) is 1. The molecular weight excluding hydrogens is 305 g/mol. The average Bonchev–Trinajstić information content (AvgIpc) is 2.35. The Morgan fingerprint density at radius 1 is 1.29 bits per heavy atom. The fourth-order valence-corrected chi connectivity index (χ4v) is 3.48. The lowest BCUT2D eigenvalue weighted by Gasteiger charge is -2.37. The molecule has 1 aliphatic carbocycles. The minimum atomic E-state index is -0.275. The molecule has 0 spiro atoms. The zero-order valence-corrected chi connectivity index (χ0v) is 12.0. The topological polar surface area (TPSA) is 26.0 Å². The summed E-state index contributed by atoms with van der Waals surface area (Å²) in [4.78, 5) is 0. The second-order valence-electron chi connectivity index (χ2n) is 4.76. The number of rotatable bonds is 2. The Morgan fingerprint density at radius 2 is 1.94 bits per heavy atom. The lowest BCUT2D eigenvalue weighted by molar-refractivity contribution is 0.291. The SMILES string of the molecule is NCC1(c2c(F)ccc(Br)c2Cl)CCCCC1. The molecule has 17 heavy (non-hydrogen) atoms. The third-order valence-electron chi connectivity index (χ3n) is 3.78. The Kier molecular flexibility index (Phi) is 4.11. The number of hydrogen-bond acceptors (Lipinski definition) is 1. The molecule has 2 N–H and O–H groups in total. The van der Waals surface area contributed by atoms with E-state index in [0.29, 0.717) is 17.1 Å². The molecule has 1 aromatic rings. The van der Waals surface area contributed by atoms with Crippen molar-refractivity contribution in [2.75, 3.05) is 6.54 Å². The van der Waals surface area contributed by atoms with Crippen molar-refractivity contribution in [2.24, 2.45) is 5.73 Å². The Labute approximate surface area is 115 Å². The fourth-order valence-electron chi connectivity index (χ4n) is 2.80. The van der Waals surface area contributed by atoms with Crippen LogP contribution >= 0.6 is 27.5 Å². The first-order valence-electron chi connectivity index (χ1n) is 5.95. The van der Waals surface area contributed by atoms with Gasteiger partial charge in [0, 0.05) is 22.0 Å². The molecule has 0 unspecified atom stereocenters. The lowest BCUT2D eigenvalue weighted by Crippen LogP contribution is -2.38. The second-order valence-corrected chi connectivity index (χ2v) is 6.00. The third-order valence-corrected chi connectivity index (χ3v) is 5.06. The lowest BCUT2D eigenvalue weighted by atomic mass is 9.69. The molecule has 1 fully saturated rings. The maximum atomic E-state index is 14.1. The molecule has 1 saturated carbocycles. The van der Waals surface area contributed by atoms with Crippen molar-refractivity contribution in [3.05, 3.63) is 33.0 Å². The summed E-state index contributed by atoms with van der Waals surface area (Å²) in [6, 6.07) is 3.12. The Bertz CT molecular complexity index is 416. The molecule has 0 heterocycles. The third kappa shape index (κ3) is 2.38. The van der Waals surface area contributed by atoms with Gasteiger partial charge in [0.1, 0.15) is 5.82 Å². The van der Waals surface area contributed by atoms with Crippen molar-refractivity contribution in [3.8, 4) is 0 Å². The van der Waals surface area contributed by atoms with Crippen LogP contribution in [0.15, 0.2) is 16.6 Å². The van der Waals surface area contributed by atoms with Gasteiger partial charge in [-0.2, -0.15) is 0 Å². The molecule has 0 aliphatic heterocycles. The normalized spacial score (nSPS) is 19.3. The summed E-state index contributed by atoms with van der Waals surface area (Å²) >= 11 is 9.62. The van der Waals surface area contributed by atoms with Crippen LogP contribution in [0.4, 0.5) is 4.39 Å². The summed E-state index contributed by atoms with van der Waals surface area (Å²) in [5.74, 6) is -0.231. The van der Waals surface area contributed by atoms with Crippen LogP contribution in [-0.4, -0.2) is 6.54 Å². The fraction of sp³-hybridized carbons (Fsp3) is 0.538. The van der Waals surface area contributed by atoms with Gasteiger partial charge < -0.3 is 5.73 Å². The summed E-state index contributed by atoms with van der Waals surface area (Å²) in [6.45, 7) is 0.458. The van der Waals surface area contributed by atoms with E-state index in [2.05, 4.69) is 15.9 Å². The van der Waals surface area contributed by atoms with Crippen molar-refractivity contribution >= 4 is 27.5 Å². The van der Waals surface area contributed by atoms with E-state index < -0.39 is 0 Å². The molecule has 0 saturated heterocycles. The van der Waals surface area contributed by atoms with Gasteiger partial charge in [-0.15, -0.1) is 0 Å². The summed E-state index contributed by atoms with van der Waals surface area (Å²) < 4.78 is 14.8. The Morgan fingerprint density at radius 3 is 2.53 bits per heavy atom. The summed E-state index contributed by atoms with van der Waals surface area (Å²) in [7, 11) is 0. The van der Waals surface area contributed by atoms with Gasteiger partial charge in [-0.3, -0.25) is 0 Å². The van der Waals surface area contributed by atoms with Crippen molar-refractivity contribution in [1.82, 2.24) is 0 Å². The van der Waals surface area contributed by atoms with E-state index in [1.165, 1.54) is 12.5 Å². The molecule has 0 aromatic heterocycles. The van der Waals surface area contributed by atoms with Crippen LogP contribution in [0.2, 0.25) is 5.02 Å². The van der Waals surface area contributed by atoms with E-state index in [1.54, 1.807) is 6.07 Å². The minimum Gasteiger partial charge on any atom is -0.330 e. The summed E-state index contributed by atoms with van der Waals surface area (Å²) in [6.07, 6.45) is 5.25. The van der Waals surface area contributed by atoms with Gasteiger partial charge >= 0.3 is 0 Å². The van der Waals surface area contributed by atoms with Crippen molar-refractivity contribution in [1.29, 1.82) is 0 Å². The quantitative estimate of drug-likeness (QED) is 0.803. The molecule has 0 bridgehead atoms. The number of nitrogens with two attached hydrogens (primary N) is 1. The maximum absolute atomic E-state index is 14.1. The first-order chi connectivity index (χ1) is 8.10. The molecular formula is C13H16BrClFN. The van der Waals surface area contributed by atoms with E-state index in [1.807, 2.05) is 0 Å². The van der Waals surface area contributed by atoms with Crippen LogP contribution in [0.5, 0.6) is 0 Å². The van der Waals surface area contributed by atoms with E-state index >= 15 is 0 Å². The summed E-state index contributed by atoms with van der Waals surface area (Å²) in [5, 5.41) is 0.484. The van der Waals surface area contributed by atoms with Gasteiger partial charge in [-0.05, 0) is 40.9 Å². The van der Waals surface area contributed by atoms with Crippen LogP contribution < -0.4 is 5.73 Å². The van der Waals surface area contributed by atoms with Gasteiger partial charge in [0.15, 0.2) is 0 Å². The van der Waals surface area contributed by atoms with Gasteiger partial charge in [0.2, 0.25) is 0 Å². The van der Waals surface area contributed by atoms with Crippen molar-refractivity contribution < 1.29 is 4.39 Å².